The highest BCUT2D eigenvalue weighted by atomic mass is 16.5. The first-order valence-corrected chi connectivity index (χ1v) is 8.81. The van der Waals surface area contributed by atoms with E-state index in [0.717, 1.165) is 31.8 Å². The average molecular weight is 333 g/mol. The van der Waals surface area contributed by atoms with Crippen LogP contribution < -0.4 is 10.1 Å². The van der Waals surface area contributed by atoms with Gasteiger partial charge in [0.25, 0.3) is 0 Å². The number of carbonyl (C=O) groups excluding carboxylic acids is 1. The van der Waals surface area contributed by atoms with E-state index in [-0.39, 0.29) is 12.1 Å². The Hall–Kier alpha value is -1.75. The summed E-state index contributed by atoms with van der Waals surface area (Å²) < 4.78 is 5.25. The predicted octanol–water partition coefficient (Wildman–Crippen LogP) is 2.61. The monoisotopic (exact) mass is 333 g/mol. The van der Waals surface area contributed by atoms with Gasteiger partial charge in [-0.3, -0.25) is 0 Å². The van der Waals surface area contributed by atoms with E-state index >= 15 is 0 Å². The number of methoxy groups -OCH3 is 1. The van der Waals surface area contributed by atoms with Crippen LogP contribution >= 0.6 is 0 Å². The second-order valence-corrected chi connectivity index (χ2v) is 7.03. The summed E-state index contributed by atoms with van der Waals surface area (Å²) in [5, 5.41) is 3.10. The molecule has 0 radical (unpaired) electrons. The average Bonchev–Trinajstić information content (AvgIpc) is 2.56. The normalized spacial score (nSPS) is 17.3. The molecule has 24 heavy (non-hydrogen) atoms. The molecule has 0 spiro atoms. The van der Waals surface area contributed by atoms with Crippen molar-refractivity contribution in [3.63, 3.8) is 0 Å². The zero-order chi connectivity index (χ0) is 17.5. The van der Waals surface area contributed by atoms with Gasteiger partial charge in [-0.1, -0.05) is 12.1 Å². The van der Waals surface area contributed by atoms with Crippen molar-refractivity contribution < 1.29 is 9.53 Å². The number of nitrogens with one attached hydrogen (secondary N) is 1. The van der Waals surface area contributed by atoms with Gasteiger partial charge in [-0.05, 0) is 69.9 Å². The fourth-order valence-corrected chi connectivity index (χ4v) is 3.24. The Morgan fingerprint density at radius 2 is 2.12 bits per heavy atom. The number of hydrogen-bond donors (Lipinski definition) is 1. The lowest BCUT2D eigenvalue weighted by molar-refractivity contribution is 0.168. The summed E-state index contributed by atoms with van der Waals surface area (Å²) in [4.78, 5) is 16.6. The van der Waals surface area contributed by atoms with Crippen molar-refractivity contribution in [2.75, 3.05) is 40.8 Å². The maximum absolute atomic E-state index is 12.4. The third-order valence-corrected chi connectivity index (χ3v) is 4.76. The Balaban J connectivity index is 1.77. The largest absolute Gasteiger partial charge is 0.497 e. The molecule has 1 N–H and O–H groups in total. The molecule has 2 amide bonds. The van der Waals surface area contributed by atoms with Crippen LogP contribution in [0.3, 0.4) is 0 Å². The molecule has 5 nitrogen and oxygen atoms in total. The number of rotatable bonds is 6. The van der Waals surface area contributed by atoms with E-state index in [4.69, 9.17) is 4.74 Å². The SMILES string of the molecule is COc1cccc(C[C@@H](C)NC(=O)N(C)CC2CCN(C)CC2)c1. The van der Waals surface area contributed by atoms with E-state index < -0.39 is 0 Å². The highest BCUT2D eigenvalue weighted by Crippen LogP contribution is 2.17. The number of carbonyl (C=O) groups is 1. The van der Waals surface area contributed by atoms with Gasteiger partial charge in [0, 0.05) is 19.6 Å². The number of piperidine rings is 1. The molecule has 0 aliphatic carbocycles. The molecular weight excluding hydrogens is 302 g/mol. The lowest BCUT2D eigenvalue weighted by Gasteiger charge is -2.32. The van der Waals surface area contributed by atoms with Gasteiger partial charge in [0.2, 0.25) is 0 Å². The third kappa shape index (κ3) is 5.71. The van der Waals surface area contributed by atoms with Crippen molar-refractivity contribution in [1.29, 1.82) is 0 Å². The summed E-state index contributed by atoms with van der Waals surface area (Å²) in [5.41, 5.74) is 1.17. The van der Waals surface area contributed by atoms with Crippen LogP contribution in [0.2, 0.25) is 0 Å². The Morgan fingerprint density at radius 3 is 2.79 bits per heavy atom. The van der Waals surface area contributed by atoms with Crippen LogP contribution in [0.15, 0.2) is 24.3 Å². The first kappa shape index (κ1) is 18.6. The number of benzene rings is 1. The van der Waals surface area contributed by atoms with Gasteiger partial charge >= 0.3 is 6.03 Å². The standard InChI is InChI=1S/C19H31N3O2/c1-15(12-17-6-5-7-18(13-17)24-4)20-19(23)22(3)14-16-8-10-21(2)11-9-16/h5-7,13,15-16H,8-12,14H2,1-4H3,(H,20,23)/t15-/m1/s1. The van der Waals surface area contributed by atoms with Crippen molar-refractivity contribution in [3.8, 4) is 5.75 Å². The van der Waals surface area contributed by atoms with Crippen LogP contribution in [0.25, 0.3) is 0 Å². The van der Waals surface area contributed by atoms with Crippen molar-refractivity contribution in [2.24, 2.45) is 5.92 Å². The van der Waals surface area contributed by atoms with Crippen LogP contribution in [0.5, 0.6) is 5.75 Å². The highest BCUT2D eigenvalue weighted by Gasteiger charge is 2.21. The van der Waals surface area contributed by atoms with E-state index in [0.29, 0.717) is 5.92 Å². The van der Waals surface area contributed by atoms with E-state index in [1.54, 1.807) is 7.11 Å². The quantitative estimate of drug-likeness (QED) is 0.870. The summed E-state index contributed by atoms with van der Waals surface area (Å²) in [6, 6.07) is 8.10. The molecular formula is C19H31N3O2. The maximum Gasteiger partial charge on any atom is 0.317 e. The molecule has 1 saturated heterocycles. The number of amides is 2. The molecule has 1 aliphatic heterocycles. The lowest BCUT2D eigenvalue weighted by Crippen LogP contribution is -2.45. The van der Waals surface area contributed by atoms with Gasteiger partial charge in [0.05, 0.1) is 7.11 Å². The van der Waals surface area contributed by atoms with Crippen LogP contribution in [0.1, 0.15) is 25.3 Å². The number of nitrogens with zero attached hydrogens (tertiary/aromatic N) is 2. The highest BCUT2D eigenvalue weighted by molar-refractivity contribution is 5.74. The van der Waals surface area contributed by atoms with E-state index in [9.17, 15) is 4.79 Å². The maximum atomic E-state index is 12.4. The molecule has 1 atom stereocenters. The smallest absolute Gasteiger partial charge is 0.317 e. The van der Waals surface area contributed by atoms with Gasteiger partial charge < -0.3 is 19.9 Å². The molecule has 0 saturated carbocycles. The molecule has 1 aromatic carbocycles. The molecule has 1 aliphatic rings. The summed E-state index contributed by atoms with van der Waals surface area (Å²) in [7, 11) is 5.72. The molecule has 5 heteroatoms. The van der Waals surface area contributed by atoms with Gasteiger partial charge in [0.15, 0.2) is 0 Å². The molecule has 0 aromatic heterocycles. The second-order valence-electron chi connectivity index (χ2n) is 7.03. The number of likely N-dealkylation sites (tertiary alicyclic amines) is 1. The molecule has 0 unspecified atom stereocenters. The molecule has 134 valence electrons. The molecule has 1 fully saturated rings. The Morgan fingerprint density at radius 1 is 1.42 bits per heavy atom. The van der Waals surface area contributed by atoms with Crippen LogP contribution in [0, 0.1) is 5.92 Å². The lowest BCUT2D eigenvalue weighted by atomic mass is 9.97. The molecule has 2 rings (SSSR count). The zero-order valence-electron chi connectivity index (χ0n) is 15.4. The van der Waals surface area contributed by atoms with E-state index in [2.05, 4.69) is 23.3 Å². The van der Waals surface area contributed by atoms with Gasteiger partial charge in [0.1, 0.15) is 5.75 Å². The van der Waals surface area contributed by atoms with E-state index in [1.165, 1.54) is 18.4 Å². The Bertz CT molecular complexity index is 527. The van der Waals surface area contributed by atoms with Crippen LogP contribution in [-0.4, -0.2) is 62.7 Å². The minimum Gasteiger partial charge on any atom is -0.497 e. The van der Waals surface area contributed by atoms with Crippen molar-refractivity contribution in [1.82, 2.24) is 15.1 Å². The Kier molecular flexibility index (Phi) is 6.91. The molecule has 1 heterocycles. The topological polar surface area (TPSA) is 44.8 Å². The van der Waals surface area contributed by atoms with Crippen molar-refractivity contribution >= 4 is 6.03 Å². The molecule has 1 aromatic rings. The molecule has 0 bridgehead atoms. The Labute approximate surface area is 146 Å². The first-order valence-electron chi connectivity index (χ1n) is 8.81. The van der Waals surface area contributed by atoms with Crippen molar-refractivity contribution in [3.05, 3.63) is 29.8 Å². The minimum atomic E-state index is 0.0179. The number of hydrogen-bond acceptors (Lipinski definition) is 3. The van der Waals surface area contributed by atoms with Gasteiger partial charge in [-0.15, -0.1) is 0 Å². The number of ether oxygens (including phenoxy) is 1. The number of urea groups is 1. The summed E-state index contributed by atoms with van der Waals surface area (Å²) in [5.74, 6) is 1.47. The van der Waals surface area contributed by atoms with Crippen molar-refractivity contribution in [2.45, 2.75) is 32.2 Å². The van der Waals surface area contributed by atoms with Crippen LogP contribution in [0.4, 0.5) is 4.79 Å². The van der Waals surface area contributed by atoms with Crippen LogP contribution in [-0.2, 0) is 6.42 Å². The second kappa shape index (κ2) is 8.92. The zero-order valence-corrected chi connectivity index (χ0v) is 15.4. The summed E-state index contributed by atoms with van der Waals surface area (Å²) >= 11 is 0. The van der Waals surface area contributed by atoms with Gasteiger partial charge in [-0.2, -0.15) is 0 Å². The third-order valence-electron chi connectivity index (χ3n) is 4.76. The first-order chi connectivity index (χ1) is 11.5. The summed E-state index contributed by atoms with van der Waals surface area (Å²) in [6.45, 7) is 5.14. The summed E-state index contributed by atoms with van der Waals surface area (Å²) in [6.07, 6.45) is 3.14. The van der Waals surface area contributed by atoms with E-state index in [1.807, 2.05) is 37.1 Å². The van der Waals surface area contributed by atoms with Gasteiger partial charge in [-0.25, -0.2) is 4.79 Å². The predicted molar refractivity (Wildman–Crippen MR) is 97.5 cm³/mol. The fraction of sp³-hybridized carbons (Fsp3) is 0.632. The fourth-order valence-electron chi connectivity index (χ4n) is 3.24. The minimum absolute atomic E-state index is 0.0179.